The van der Waals surface area contributed by atoms with Gasteiger partial charge in [0.1, 0.15) is 5.60 Å². The lowest BCUT2D eigenvalue weighted by molar-refractivity contribution is -0.203. The fraction of sp³-hybridized carbons (Fsp3) is 0.895. The zero-order valence-corrected chi connectivity index (χ0v) is 15.1. The van der Waals surface area contributed by atoms with E-state index in [2.05, 4.69) is 11.7 Å². The van der Waals surface area contributed by atoms with Gasteiger partial charge in [-0.25, -0.2) is 4.79 Å². The van der Waals surface area contributed by atoms with Gasteiger partial charge in [-0.05, 0) is 75.5 Å². The highest BCUT2D eigenvalue weighted by molar-refractivity contribution is 5.76. The molecule has 0 saturated heterocycles. The summed E-state index contributed by atoms with van der Waals surface area (Å²) in [5.74, 6) is -2.59. The smallest absolute Gasteiger partial charge is 0.376 e. The number of hydrogen-bond acceptors (Lipinski definition) is 4. The lowest BCUT2D eigenvalue weighted by Crippen LogP contribution is -2.57. The first-order valence-corrected chi connectivity index (χ1v) is 9.45. The van der Waals surface area contributed by atoms with Crippen molar-refractivity contribution in [1.29, 1.82) is 0 Å². The zero-order valence-electron chi connectivity index (χ0n) is 15.1. The van der Waals surface area contributed by atoms with Crippen molar-refractivity contribution in [2.24, 2.45) is 23.7 Å². The van der Waals surface area contributed by atoms with Crippen LogP contribution >= 0.6 is 0 Å². The molecule has 0 amide bonds. The van der Waals surface area contributed by atoms with E-state index in [4.69, 9.17) is 4.74 Å². The number of ether oxygens (including phenoxy) is 2. The Morgan fingerprint density at radius 3 is 2.12 bits per heavy atom. The first kappa shape index (κ1) is 18.6. The molecular formula is C19H28F2O4. The molecule has 0 heterocycles. The fourth-order valence-electron chi connectivity index (χ4n) is 5.25. The SMILES string of the molecule is CC(F)(F)C(=O)OCCCCC(=O)OC1(C)C2CC3CC(C2)CC1C3. The van der Waals surface area contributed by atoms with Gasteiger partial charge in [0.2, 0.25) is 0 Å². The van der Waals surface area contributed by atoms with Crippen molar-refractivity contribution < 1.29 is 27.8 Å². The molecule has 4 saturated carbocycles. The summed E-state index contributed by atoms with van der Waals surface area (Å²) in [6, 6.07) is 0. The van der Waals surface area contributed by atoms with Crippen LogP contribution in [0.15, 0.2) is 0 Å². The van der Waals surface area contributed by atoms with Gasteiger partial charge in [-0.3, -0.25) is 4.79 Å². The van der Waals surface area contributed by atoms with E-state index in [9.17, 15) is 18.4 Å². The van der Waals surface area contributed by atoms with Crippen LogP contribution in [-0.4, -0.2) is 30.1 Å². The molecule has 0 aromatic carbocycles. The summed E-state index contributed by atoms with van der Waals surface area (Å²) in [5, 5.41) is 0. The third-order valence-corrected chi connectivity index (χ3v) is 6.46. The minimum absolute atomic E-state index is 0.0958. The largest absolute Gasteiger partial charge is 0.461 e. The highest BCUT2D eigenvalue weighted by atomic mass is 19.3. The van der Waals surface area contributed by atoms with Crippen molar-refractivity contribution in [3.05, 3.63) is 0 Å². The Morgan fingerprint density at radius 1 is 1.04 bits per heavy atom. The van der Waals surface area contributed by atoms with E-state index in [0.29, 0.717) is 31.6 Å². The number of halogens is 2. The number of hydrogen-bond donors (Lipinski definition) is 0. The average Bonchev–Trinajstić information content (AvgIpc) is 2.50. The first-order valence-electron chi connectivity index (χ1n) is 9.45. The monoisotopic (exact) mass is 358 g/mol. The van der Waals surface area contributed by atoms with Gasteiger partial charge in [-0.1, -0.05) is 0 Å². The summed E-state index contributed by atoms with van der Waals surface area (Å²) >= 11 is 0. The van der Waals surface area contributed by atoms with E-state index in [-0.39, 0.29) is 24.6 Å². The fourth-order valence-corrected chi connectivity index (χ4v) is 5.25. The minimum Gasteiger partial charge on any atom is -0.461 e. The predicted octanol–water partition coefficient (Wildman–Crippen LogP) is 4.11. The molecule has 6 heteroatoms. The van der Waals surface area contributed by atoms with Crippen LogP contribution in [0.4, 0.5) is 8.78 Å². The van der Waals surface area contributed by atoms with Crippen LogP contribution in [0.5, 0.6) is 0 Å². The molecule has 0 aliphatic heterocycles. The van der Waals surface area contributed by atoms with E-state index in [1.54, 1.807) is 0 Å². The summed E-state index contributed by atoms with van der Waals surface area (Å²) in [6.07, 6.45) is 7.16. The van der Waals surface area contributed by atoms with E-state index < -0.39 is 11.9 Å². The minimum atomic E-state index is -3.47. The highest BCUT2D eigenvalue weighted by Crippen LogP contribution is 2.59. The normalized spacial score (nSPS) is 36.3. The molecule has 0 unspecified atom stereocenters. The van der Waals surface area contributed by atoms with Crippen molar-refractivity contribution in [2.75, 3.05) is 6.61 Å². The van der Waals surface area contributed by atoms with Crippen LogP contribution in [0, 0.1) is 23.7 Å². The van der Waals surface area contributed by atoms with E-state index in [1.807, 2.05) is 0 Å². The van der Waals surface area contributed by atoms with E-state index in [0.717, 1.165) is 11.8 Å². The lowest BCUT2D eigenvalue weighted by atomic mass is 9.50. The molecule has 0 spiro atoms. The third-order valence-electron chi connectivity index (χ3n) is 6.46. The van der Waals surface area contributed by atoms with E-state index >= 15 is 0 Å². The molecule has 0 N–H and O–H groups in total. The average molecular weight is 358 g/mol. The number of rotatable bonds is 7. The first-order chi connectivity index (χ1) is 11.7. The van der Waals surface area contributed by atoms with Crippen LogP contribution < -0.4 is 0 Å². The van der Waals surface area contributed by atoms with Crippen molar-refractivity contribution in [3.63, 3.8) is 0 Å². The Kier molecular flexibility index (Phi) is 5.09. The molecule has 0 radical (unpaired) electrons. The Morgan fingerprint density at radius 2 is 1.60 bits per heavy atom. The predicted molar refractivity (Wildman–Crippen MR) is 87.0 cm³/mol. The van der Waals surface area contributed by atoms with Gasteiger partial charge in [-0.15, -0.1) is 0 Å². The maximum Gasteiger partial charge on any atom is 0.376 e. The van der Waals surface area contributed by atoms with E-state index in [1.165, 1.54) is 32.1 Å². The van der Waals surface area contributed by atoms with Gasteiger partial charge in [0.25, 0.3) is 0 Å². The van der Waals surface area contributed by atoms with Crippen molar-refractivity contribution >= 4 is 11.9 Å². The van der Waals surface area contributed by atoms with Gasteiger partial charge < -0.3 is 9.47 Å². The molecule has 4 fully saturated rings. The number of unbranched alkanes of at least 4 members (excludes halogenated alkanes) is 1. The second-order valence-corrected chi connectivity index (χ2v) is 8.44. The highest BCUT2D eigenvalue weighted by Gasteiger charge is 2.56. The van der Waals surface area contributed by atoms with Crippen LogP contribution in [0.3, 0.4) is 0 Å². The Bertz CT molecular complexity index is 498. The molecule has 142 valence electrons. The van der Waals surface area contributed by atoms with Crippen LogP contribution in [-0.2, 0) is 19.1 Å². The zero-order chi connectivity index (χ0) is 18.2. The van der Waals surface area contributed by atoms with Crippen molar-refractivity contribution in [2.45, 2.75) is 76.7 Å². The molecule has 4 nitrogen and oxygen atoms in total. The molecule has 4 rings (SSSR count). The lowest BCUT2D eigenvalue weighted by Gasteiger charge is -2.59. The second kappa shape index (κ2) is 6.84. The molecule has 4 aliphatic carbocycles. The van der Waals surface area contributed by atoms with Gasteiger partial charge in [-0.2, -0.15) is 8.78 Å². The molecule has 25 heavy (non-hydrogen) atoms. The van der Waals surface area contributed by atoms with Crippen LogP contribution in [0.2, 0.25) is 0 Å². The molecule has 0 aromatic heterocycles. The number of esters is 2. The summed E-state index contributed by atoms with van der Waals surface area (Å²) in [5.41, 5.74) is -0.332. The number of carbonyl (C=O) groups excluding carboxylic acids is 2. The van der Waals surface area contributed by atoms with Gasteiger partial charge in [0, 0.05) is 13.3 Å². The van der Waals surface area contributed by atoms with Gasteiger partial charge >= 0.3 is 17.9 Å². The second-order valence-electron chi connectivity index (χ2n) is 8.44. The summed E-state index contributed by atoms with van der Waals surface area (Å²) in [4.78, 5) is 23.2. The number of carbonyl (C=O) groups is 2. The Balaban J connectivity index is 1.39. The quantitative estimate of drug-likeness (QED) is 0.508. The standard InChI is InChI=1S/C19H28F2O4/c1-18(14-8-12-7-13(10-14)11-15(18)9-12)25-16(22)5-3-4-6-24-17(23)19(2,20)21/h12-15H,3-11H2,1-2H3. The summed E-state index contributed by atoms with van der Waals surface area (Å²) < 4.78 is 35.7. The summed E-state index contributed by atoms with van der Waals surface area (Å²) in [6.45, 7) is 2.52. The maximum absolute atomic E-state index is 12.7. The van der Waals surface area contributed by atoms with Crippen LogP contribution in [0.25, 0.3) is 0 Å². The third kappa shape index (κ3) is 3.98. The summed E-state index contributed by atoms with van der Waals surface area (Å²) in [7, 11) is 0. The molecule has 0 aromatic rings. The van der Waals surface area contributed by atoms with Gasteiger partial charge in [0.15, 0.2) is 0 Å². The number of alkyl halides is 2. The Hall–Kier alpha value is -1.20. The molecule has 0 atom stereocenters. The topological polar surface area (TPSA) is 52.6 Å². The molecule has 4 bridgehead atoms. The van der Waals surface area contributed by atoms with Crippen molar-refractivity contribution in [1.82, 2.24) is 0 Å². The maximum atomic E-state index is 12.7. The molecular weight excluding hydrogens is 330 g/mol. The Labute approximate surface area is 147 Å². The van der Waals surface area contributed by atoms with Crippen LogP contribution in [0.1, 0.15) is 65.2 Å². The van der Waals surface area contributed by atoms with Gasteiger partial charge in [0.05, 0.1) is 6.61 Å². The molecule has 4 aliphatic rings. The van der Waals surface area contributed by atoms with Crippen molar-refractivity contribution in [3.8, 4) is 0 Å².